The standard InChI is InChI=1S/C20H16F3N3O3/c1-26-16-9-5-3-6-12(16)14(10-17(26)27)19(29)25-15-8-4-2-7-13(15)18(28)24-11-20(21,22)23/h2-10H,11H2,1H3,(H,24,28)(H,25,29). The van der Waals surface area contributed by atoms with E-state index >= 15 is 0 Å². The monoisotopic (exact) mass is 403 g/mol. The number of rotatable bonds is 4. The second-order valence-electron chi connectivity index (χ2n) is 6.27. The number of anilines is 1. The molecular formula is C20H16F3N3O3. The largest absolute Gasteiger partial charge is 0.405 e. The highest BCUT2D eigenvalue weighted by Gasteiger charge is 2.28. The van der Waals surface area contributed by atoms with Crippen LogP contribution in [0.25, 0.3) is 10.9 Å². The van der Waals surface area contributed by atoms with Crippen LogP contribution >= 0.6 is 0 Å². The van der Waals surface area contributed by atoms with E-state index in [1.54, 1.807) is 36.6 Å². The van der Waals surface area contributed by atoms with Crippen LogP contribution in [0.5, 0.6) is 0 Å². The Morgan fingerprint density at radius 1 is 0.966 bits per heavy atom. The number of pyridine rings is 1. The van der Waals surface area contributed by atoms with Crippen LogP contribution in [0.1, 0.15) is 20.7 Å². The van der Waals surface area contributed by atoms with Crippen molar-refractivity contribution in [3.8, 4) is 0 Å². The fraction of sp³-hybridized carbons (Fsp3) is 0.150. The van der Waals surface area contributed by atoms with E-state index in [0.717, 1.165) is 0 Å². The molecule has 0 aliphatic carbocycles. The molecule has 0 atom stereocenters. The summed E-state index contributed by atoms with van der Waals surface area (Å²) in [5.41, 5.74) is 0.140. The highest BCUT2D eigenvalue weighted by atomic mass is 19.4. The Labute approximate surface area is 163 Å². The van der Waals surface area contributed by atoms with Gasteiger partial charge in [-0.15, -0.1) is 0 Å². The maximum Gasteiger partial charge on any atom is 0.405 e. The van der Waals surface area contributed by atoms with Crippen LogP contribution in [0.3, 0.4) is 0 Å². The number of halogens is 3. The molecule has 9 heteroatoms. The second kappa shape index (κ2) is 7.78. The van der Waals surface area contributed by atoms with Crippen LogP contribution in [0.4, 0.5) is 18.9 Å². The molecular weight excluding hydrogens is 387 g/mol. The second-order valence-corrected chi connectivity index (χ2v) is 6.27. The lowest BCUT2D eigenvalue weighted by atomic mass is 10.1. The minimum Gasteiger partial charge on any atom is -0.343 e. The summed E-state index contributed by atoms with van der Waals surface area (Å²) in [7, 11) is 1.58. The summed E-state index contributed by atoms with van der Waals surface area (Å²) < 4.78 is 38.5. The predicted molar refractivity (Wildman–Crippen MR) is 102 cm³/mol. The zero-order chi connectivity index (χ0) is 21.2. The normalized spacial score (nSPS) is 11.3. The first kappa shape index (κ1) is 20.1. The molecule has 0 aliphatic heterocycles. The third-order valence-corrected chi connectivity index (χ3v) is 4.27. The summed E-state index contributed by atoms with van der Waals surface area (Å²) in [6.45, 7) is -1.49. The van der Waals surface area contributed by atoms with Crippen molar-refractivity contribution < 1.29 is 22.8 Å². The zero-order valence-corrected chi connectivity index (χ0v) is 15.2. The average Bonchev–Trinajstić information content (AvgIpc) is 2.68. The minimum atomic E-state index is -4.56. The van der Waals surface area contributed by atoms with Crippen molar-refractivity contribution in [2.24, 2.45) is 7.05 Å². The van der Waals surface area contributed by atoms with Crippen molar-refractivity contribution in [1.82, 2.24) is 9.88 Å². The predicted octanol–water partition coefficient (Wildman–Crippen LogP) is 3.08. The van der Waals surface area contributed by atoms with E-state index in [4.69, 9.17) is 0 Å². The number of hydrogen-bond acceptors (Lipinski definition) is 3. The Bertz CT molecular complexity index is 1150. The molecule has 0 radical (unpaired) electrons. The van der Waals surface area contributed by atoms with Gasteiger partial charge in [-0.1, -0.05) is 30.3 Å². The number of benzene rings is 2. The van der Waals surface area contributed by atoms with Gasteiger partial charge >= 0.3 is 6.18 Å². The molecule has 0 saturated heterocycles. The fourth-order valence-electron chi connectivity index (χ4n) is 2.85. The number of hydrogen-bond donors (Lipinski definition) is 2. The number of carbonyl (C=O) groups is 2. The highest BCUT2D eigenvalue weighted by Crippen LogP contribution is 2.21. The van der Waals surface area contributed by atoms with Crippen LogP contribution in [0.2, 0.25) is 0 Å². The first-order chi connectivity index (χ1) is 13.7. The Hall–Kier alpha value is -3.62. The van der Waals surface area contributed by atoms with Gasteiger partial charge in [0.05, 0.1) is 22.3 Å². The van der Waals surface area contributed by atoms with Crippen molar-refractivity contribution in [2.75, 3.05) is 11.9 Å². The molecule has 150 valence electrons. The van der Waals surface area contributed by atoms with E-state index < -0.39 is 30.1 Å². The number of amides is 2. The van der Waals surface area contributed by atoms with Crippen molar-refractivity contribution in [2.45, 2.75) is 6.18 Å². The van der Waals surface area contributed by atoms with E-state index in [0.29, 0.717) is 10.9 Å². The number of aromatic nitrogens is 1. The lowest BCUT2D eigenvalue weighted by Crippen LogP contribution is -2.34. The summed E-state index contributed by atoms with van der Waals surface area (Å²) in [5.74, 6) is -1.64. The third kappa shape index (κ3) is 4.45. The first-order valence-electron chi connectivity index (χ1n) is 8.51. The number of alkyl halides is 3. The maximum absolute atomic E-state index is 12.8. The lowest BCUT2D eigenvalue weighted by Gasteiger charge is -2.14. The summed E-state index contributed by atoms with van der Waals surface area (Å²) in [4.78, 5) is 37.1. The smallest absolute Gasteiger partial charge is 0.343 e. The molecule has 1 aromatic heterocycles. The van der Waals surface area contributed by atoms with Crippen LogP contribution in [0, 0.1) is 0 Å². The van der Waals surface area contributed by atoms with Crippen LogP contribution in [-0.2, 0) is 7.05 Å². The average molecular weight is 403 g/mol. The molecule has 3 aromatic rings. The van der Waals surface area contributed by atoms with E-state index in [1.807, 2.05) is 0 Å². The van der Waals surface area contributed by atoms with Crippen molar-refractivity contribution in [1.29, 1.82) is 0 Å². The molecule has 2 aromatic carbocycles. The van der Waals surface area contributed by atoms with Gasteiger partial charge in [0.25, 0.3) is 17.4 Å². The quantitative estimate of drug-likeness (QED) is 0.703. The van der Waals surface area contributed by atoms with Crippen molar-refractivity contribution >= 4 is 28.4 Å². The molecule has 1 heterocycles. The zero-order valence-electron chi connectivity index (χ0n) is 15.2. The van der Waals surface area contributed by atoms with Crippen molar-refractivity contribution in [3.63, 3.8) is 0 Å². The molecule has 0 fully saturated rings. The molecule has 0 saturated carbocycles. The number of nitrogens with one attached hydrogen (secondary N) is 2. The number of aryl methyl sites for hydroxylation is 1. The van der Waals surface area contributed by atoms with Gasteiger partial charge in [-0.05, 0) is 18.2 Å². The lowest BCUT2D eigenvalue weighted by molar-refractivity contribution is -0.123. The summed E-state index contributed by atoms with van der Waals surface area (Å²) in [6.07, 6.45) is -4.56. The molecule has 2 N–H and O–H groups in total. The molecule has 0 unspecified atom stereocenters. The van der Waals surface area contributed by atoms with Crippen molar-refractivity contribution in [3.05, 3.63) is 76.1 Å². The van der Waals surface area contributed by atoms with Gasteiger partial charge in [0.1, 0.15) is 6.54 Å². The minimum absolute atomic E-state index is 0.0296. The molecule has 0 bridgehead atoms. The maximum atomic E-state index is 12.8. The van der Waals surface area contributed by atoms with Gasteiger partial charge in [0.15, 0.2) is 0 Å². The molecule has 29 heavy (non-hydrogen) atoms. The SMILES string of the molecule is Cn1c(=O)cc(C(=O)Nc2ccccc2C(=O)NCC(F)(F)F)c2ccccc21. The van der Waals surface area contributed by atoms with Gasteiger partial charge < -0.3 is 15.2 Å². The molecule has 3 rings (SSSR count). The number of fused-ring (bicyclic) bond motifs is 1. The molecule has 6 nitrogen and oxygen atoms in total. The fourth-order valence-corrected chi connectivity index (χ4v) is 2.85. The summed E-state index contributed by atoms with van der Waals surface area (Å²) >= 11 is 0. The molecule has 2 amide bonds. The van der Waals surface area contributed by atoms with Gasteiger partial charge in [-0.3, -0.25) is 14.4 Å². The van der Waals surface area contributed by atoms with Gasteiger partial charge in [0.2, 0.25) is 0 Å². The molecule has 0 aliphatic rings. The Balaban J connectivity index is 1.93. The van der Waals surface area contributed by atoms with E-state index in [9.17, 15) is 27.6 Å². The van der Waals surface area contributed by atoms with E-state index in [-0.39, 0.29) is 16.8 Å². The van der Waals surface area contributed by atoms with Crippen LogP contribution in [-0.4, -0.2) is 29.1 Å². The van der Waals surface area contributed by atoms with Gasteiger partial charge in [-0.25, -0.2) is 0 Å². The van der Waals surface area contributed by atoms with Gasteiger partial charge in [0, 0.05) is 18.5 Å². The number of carbonyl (C=O) groups excluding carboxylic acids is 2. The molecule has 0 spiro atoms. The first-order valence-corrected chi connectivity index (χ1v) is 8.51. The topological polar surface area (TPSA) is 80.2 Å². The highest BCUT2D eigenvalue weighted by molar-refractivity contribution is 6.14. The Morgan fingerprint density at radius 3 is 2.34 bits per heavy atom. The third-order valence-electron chi connectivity index (χ3n) is 4.27. The number of nitrogens with zero attached hydrogens (tertiary/aromatic N) is 1. The van der Waals surface area contributed by atoms with Crippen LogP contribution < -0.4 is 16.2 Å². The Kier molecular flexibility index (Phi) is 5.40. The van der Waals surface area contributed by atoms with E-state index in [2.05, 4.69) is 5.32 Å². The number of para-hydroxylation sites is 2. The Morgan fingerprint density at radius 2 is 1.62 bits per heavy atom. The van der Waals surface area contributed by atoms with Gasteiger partial charge in [-0.2, -0.15) is 13.2 Å². The van der Waals surface area contributed by atoms with E-state index in [1.165, 1.54) is 34.9 Å². The summed E-state index contributed by atoms with van der Waals surface area (Å²) in [6, 6.07) is 13.6. The summed E-state index contributed by atoms with van der Waals surface area (Å²) in [5, 5.41) is 4.80. The van der Waals surface area contributed by atoms with Crippen LogP contribution in [0.15, 0.2) is 59.4 Å².